The first-order valence-corrected chi connectivity index (χ1v) is 11.2. The van der Waals surface area contributed by atoms with Gasteiger partial charge in [0.2, 0.25) is 9.84 Å². The summed E-state index contributed by atoms with van der Waals surface area (Å²) in [5, 5.41) is 24.1. The summed E-state index contributed by atoms with van der Waals surface area (Å²) in [6.07, 6.45) is 6.86. The quantitative estimate of drug-likeness (QED) is 0.817. The van der Waals surface area contributed by atoms with E-state index in [2.05, 4.69) is 0 Å². The van der Waals surface area contributed by atoms with E-state index in [1.165, 1.54) is 55.7 Å². The standard InChI is InChI=1S/C22H24O4S/c23-17-1-3-18(4-2-17)27(25,26)19-5-6-21(24)20(10-19)22-11-14-7-15(12-22)9-16(8-14)13-22/h1-6,10,14-16,23-24H,7-9,11-13H2/p-2. The van der Waals surface area contributed by atoms with Crippen molar-refractivity contribution < 1.29 is 18.6 Å². The molecule has 0 saturated heterocycles. The van der Waals surface area contributed by atoms with Gasteiger partial charge in [-0.1, -0.05) is 18.2 Å². The van der Waals surface area contributed by atoms with Crippen molar-refractivity contribution in [3.05, 3.63) is 48.0 Å². The zero-order chi connectivity index (χ0) is 18.8. The minimum Gasteiger partial charge on any atom is -0.872 e. The molecule has 0 unspecified atom stereocenters. The molecule has 142 valence electrons. The molecule has 4 aliphatic rings. The predicted octanol–water partition coefficient (Wildman–Crippen LogP) is 3.13. The number of hydrogen-bond acceptors (Lipinski definition) is 4. The Morgan fingerprint density at radius 2 is 1.30 bits per heavy atom. The van der Waals surface area contributed by atoms with E-state index in [1.807, 2.05) is 0 Å². The Bertz CT molecular complexity index is 956. The van der Waals surface area contributed by atoms with Gasteiger partial charge in [0.05, 0.1) is 9.79 Å². The molecule has 4 aliphatic carbocycles. The number of sulfone groups is 1. The Morgan fingerprint density at radius 3 is 1.85 bits per heavy atom. The summed E-state index contributed by atoms with van der Waals surface area (Å²) in [7, 11) is -3.74. The molecule has 0 atom stereocenters. The summed E-state index contributed by atoms with van der Waals surface area (Å²) in [6.45, 7) is 0. The molecule has 4 nitrogen and oxygen atoms in total. The fourth-order valence-corrected chi connectivity index (χ4v) is 7.57. The normalized spacial score (nSPS) is 31.9. The molecule has 0 heterocycles. The molecule has 2 aromatic rings. The van der Waals surface area contributed by atoms with Gasteiger partial charge in [-0.25, -0.2) is 8.42 Å². The number of rotatable bonds is 3. The highest BCUT2D eigenvalue weighted by molar-refractivity contribution is 7.91. The fourth-order valence-electron chi connectivity index (χ4n) is 6.29. The van der Waals surface area contributed by atoms with Crippen molar-refractivity contribution in [2.75, 3.05) is 0 Å². The third-order valence-electron chi connectivity index (χ3n) is 7.00. The average Bonchev–Trinajstić information content (AvgIpc) is 2.61. The zero-order valence-electron chi connectivity index (χ0n) is 15.1. The van der Waals surface area contributed by atoms with E-state index < -0.39 is 9.84 Å². The zero-order valence-corrected chi connectivity index (χ0v) is 15.9. The molecule has 0 spiro atoms. The van der Waals surface area contributed by atoms with Crippen molar-refractivity contribution in [1.29, 1.82) is 0 Å². The van der Waals surface area contributed by atoms with Gasteiger partial charge in [-0.3, -0.25) is 0 Å². The van der Waals surface area contributed by atoms with Gasteiger partial charge in [0.15, 0.2) is 0 Å². The molecular formula is C22H22O4S-2. The van der Waals surface area contributed by atoms with E-state index in [9.17, 15) is 18.6 Å². The highest BCUT2D eigenvalue weighted by Crippen LogP contribution is 2.61. The van der Waals surface area contributed by atoms with E-state index >= 15 is 0 Å². The minimum atomic E-state index is -3.74. The fraction of sp³-hybridized carbons (Fsp3) is 0.455. The maximum atomic E-state index is 13.0. The van der Waals surface area contributed by atoms with Crippen molar-refractivity contribution in [3.63, 3.8) is 0 Å². The smallest absolute Gasteiger partial charge is 0.206 e. The minimum absolute atomic E-state index is 0.0363. The lowest BCUT2D eigenvalue weighted by Crippen LogP contribution is -2.48. The maximum Gasteiger partial charge on any atom is 0.206 e. The van der Waals surface area contributed by atoms with Crippen LogP contribution in [0.25, 0.3) is 0 Å². The molecule has 0 aromatic heterocycles. The van der Waals surface area contributed by atoms with E-state index in [4.69, 9.17) is 0 Å². The van der Waals surface area contributed by atoms with Gasteiger partial charge in [0.1, 0.15) is 0 Å². The van der Waals surface area contributed by atoms with E-state index in [-0.39, 0.29) is 26.7 Å². The maximum absolute atomic E-state index is 13.0. The summed E-state index contributed by atoms with van der Waals surface area (Å²) < 4.78 is 26.1. The van der Waals surface area contributed by atoms with Crippen LogP contribution in [-0.2, 0) is 15.3 Å². The third-order valence-corrected chi connectivity index (χ3v) is 8.77. The summed E-state index contributed by atoms with van der Waals surface area (Å²) in [5.41, 5.74) is 0.555. The van der Waals surface area contributed by atoms with Crippen molar-refractivity contribution in [1.82, 2.24) is 0 Å². The topological polar surface area (TPSA) is 80.3 Å². The molecule has 4 saturated carbocycles. The lowest BCUT2D eigenvalue weighted by atomic mass is 9.48. The first-order chi connectivity index (χ1) is 12.9. The second-order valence-electron chi connectivity index (χ2n) is 8.83. The molecule has 4 bridgehead atoms. The molecule has 0 radical (unpaired) electrons. The van der Waals surface area contributed by atoms with Gasteiger partial charge in [0.25, 0.3) is 0 Å². The lowest BCUT2D eigenvalue weighted by Gasteiger charge is -2.58. The second kappa shape index (κ2) is 5.74. The predicted molar refractivity (Wildman–Crippen MR) is 97.1 cm³/mol. The van der Waals surface area contributed by atoms with Crippen LogP contribution in [0.3, 0.4) is 0 Å². The molecule has 0 N–H and O–H groups in total. The largest absolute Gasteiger partial charge is 0.872 e. The Kier molecular flexibility index (Phi) is 3.64. The second-order valence-corrected chi connectivity index (χ2v) is 10.8. The molecule has 6 rings (SSSR count). The van der Waals surface area contributed by atoms with Gasteiger partial charge in [-0.15, -0.1) is 11.5 Å². The van der Waals surface area contributed by atoms with Crippen LogP contribution < -0.4 is 10.2 Å². The average molecular weight is 382 g/mol. The molecule has 4 fully saturated rings. The van der Waals surface area contributed by atoms with Crippen LogP contribution in [0.5, 0.6) is 11.5 Å². The highest BCUT2D eigenvalue weighted by atomic mass is 32.2. The van der Waals surface area contributed by atoms with Crippen LogP contribution in [0.2, 0.25) is 0 Å². The molecular weight excluding hydrogens is 360 g/mol. The monoisotopic (exact) mass is 382 g/mol. The Morgan fingerprint density at radius 1 is 0.778 bits per heavy atom. The first kappa shape index (κ1) is 17.1. The number of benzene rings is 2. The summed E-state index contributed by atoms with van der Waals surface area (Å²) >= 11 is 0. The number of hydrogen-bond donors (Lipinski definition) is 0. The van der Waals surface area contributed by atoms with Crippen LogP contribution in [0.15, 0.2) is 52.3 Å². The van der Waals surface area contributed by atoms with Crippen LogP contribution in [0.4, 0.5) is 0 Å². The summed E-state index contributed by atoms with van der Waals surface area (Å²) in [4.78, 5) is 0.253. The Balaban J connectivity index is 1.59. The highest BCUT2D eigenvalue weighted by Gasteiger charge is 2.51. The summed E-state index contributed by atoms with van der Waals surface area (Å²) in [6, 6.07) is 9.66. The van der Waals surface area contributed by atoms with Gasteiger partial charge in [0, 0.05) is 0 Å². The van der Waals surface area contributed by atoms with Gasteiger partial charge < -0.3 is 10.2 Å². The molecule has 27 heavy (non-hydrogen) atoms. The molecule has 2 aromatic carbocycles. The van der Waals surface area contributed by atoms with Crippen LogP contribution in [0, 0.1) is 17.8 Å². The first-order valence-electron chi connectivity index (χ1n) is 9.69. The SMILES string of the molecule is O=S(=O)(c1ccc([O-])cc1)c1ccc([O-])c(C23CC4CC(CC(C4)C2)C3)c1. The van der Waals surface area contributed by atoms with Crippen LogP contribution in [-0.4, -0.2) is 8.42 Å². The van der Waals surface area contributed by atoms with E-state index in [0.717, 1.165) is 19.3 Å². The molecule has 0 aliphatic heterocycles. The summed E-state index contributed by atoms with van der Waals surface area (Å²) in [5.74, 6) is 1.78. The molecule has 0 amide bonds. The Hall–Kier alpha value is -2.01. The third kappa shape index (κ3) is 2.66. The van der Waals surface area contributed by atoms with Gasteiger partial charge in [-0.05, 0) is 91.5 Å². The Labute approximate surface area is 159 Å². The van der Waals surface area contributed by atoms with Gasteiger partial charge >= 0.3 is 0 Å². The van der Waals surface area contributed by atoms with E-state index in [0.29, 0.717) is 23.3 Å². The van der Waals surface area contributed by atoms with Crippen molar-refractivity contribution in [3.8, 4) is 11.5 Å². The van der Waals surface area contributed by atoms with Crippen LogP contribution >= 0.6 is 0 Å². The van der Waals surface area contributed by atoms with Crippen molar-refractivity contribution >= 4 is 9.84 Å². The van der Waals surface area contributed by atoms with Gasteiger partial charge in [-0.2, -0.15) is 0 Å². The van der Waals surface area contributed by atoms with Crippen molar-refractivity contribution in [2.24, 2.45) is 17.8 Å². The van der Waals surface area contributed by atoms with Crippen molar-refractivity contribution in [2.45, 2.75) is 53.7 Å². The lowest BCUT2D eigenvalue weighted by molar-refractivity contribution is -0.271. The van der Waals surface area contributed by atoms with E-state index in [1.54, 1.807) is 6.07 Å². The van der Waals surface area contributed by atoms with Crippen LogP contribution in [0.1, 0.15) is 44.1 Å². The molecule has 5 heteroatoms.